The van der Waals surface area contributed by atoms with Gasteiger partial charge in [-0.05, 0) is 23.8 Å². The van der Waals surface area contributed by atoms with Crippen molar-refractivity contribution in [3.8, 4) is 0 Å². The predicted octanol–water partition coefficient (Wildman–Crippen LogP) is 2.34. The lowest BCUT2D eigenvalue weighted by Crippen LogP contribution is -2.42. The largest absolute Gasteiger partial charge is 0.314 e. The van der Waals surface area contributed by atoms with Crippen LogP contribution in [0.4, 0.5) is 0 Å². The lowest BCUT2D eigenvalue weighted by atomic mass is 10.1. The topological polar surface area (TPSA) is 24.1 Å². The number of nitrogens with one attached hydrogen (secondary N) is 2. The van der Waals surface area contributed by atoms with Crippen LogP contribution in [0.15, 0.2) is 22.7 Å². The highest BCUT2D eigenvalue weighted by molar-refractivity contribution is 9.10. The minimum atomic E-state index is 0.358. The Labute approximate surface area is 97.2 Å². The van der Waals surface area contributed by atoms with E-state index >= 15 is 0 Å². The number of benzene rings is 1. The normalized spacial score (nSPS) is 22.3. The molecule has 1 atom stereocenters. The molecule has 0 bridgehead atoms. The fourth-order valence-corrected chi connectivity index (χ4v) is 2.36. The third-order valence-corrected chi connectivity index (χ3v) is 3.33. The summed E-state index contributed by atoms with van der Waals surface area (Å²) in [7, 11) is 0. The van der Waals surface area contributed by atoms with Gasteiger partial charge in [0.05, 0.1) is 0 Å². The molecule has 2 N–H and O–H groups in total. The Kier molecular flexibility index (Phi) is 3.44. The first kappa shape index (κ1) is 10.4. The van der Waals surface area contributed by atoms with E-state index in [1.54, 1.807) is 0 Å². The number of piperazine rings is 1. The average molecular weight is 276 g/mol. The molecule has 1 aliphatic rings. The Bertz CT molecular complexity index is 324. The van der Waals surface area contributed by atoms with Crippen molar-refractivity contribution in [2.75, 3.05) is 19.6 Å². The summed E-state index contributed by atoms with van der Waals surface area (Å²) in [6.07, 6.45) is 0. The molecule has 0 aliphatic carbocycles. The number of hydrogen-bond acceptors (Lipinski definition) is 2. The van der Waals surface area contributed by atoms with E-state index in [0.29, 0.717) is 6.04 Å². The van der Waals surface area contributed by atoms with Crippen molar-refractivity contribution < 1.29 is 0 Å². The highest BCUT2D eigenvalue weighted by Gasteiger charge is 2.16. The molecule has 1 aromatic carbocycles. The van der Waals surface area contributed by atoms with Crippen LogP contribution in [0.5, 0.6) is 0 Å². The van der Waals surface area contributed by atoms with Crippen LogP contribution in [0.2, 0.25) is 5.02 Å². The molecule has 4 heteroatoms. The molecule has 0 radical (unpaired) electrons. The Morgan fingerprint density at radius 2 is 2.21 bits per heavy atom. The summed E-state index contributed by atoms with van der Waals surface area (Å²) in [6.45, 7) is 3.00. The second-order valence-corrected chi connectivity index (χ2v) is 4.67. The molecule has 76 valence electrons. The van der Waals surface area contributed by atoms with E-state index in [9.17, 15) is 0 Å². The summed E-state index contributed by atoms with van der Waals surface area (Å²) in [6, 6.07) is 6.26. The second-order valence-electron chi connectivity index (χ2n) is 3.38. The molecule has 14 heavy (non-hydrogen) atoms. The Balaban J connectivity index is 2.24. The van der Waals surface area contributed by atoms with E-state index in [-0.39, 0.29) is 0 Å². The van der Waals surface area contributed by atoms with Crippen molar-refractivity contribution in [2.24, 2.45) is 0 Å². The molecule has 0 saturated carbocycles. The maximum absolute atomic E-state index is 5.97. The van der Waals surface area contributed by atoms with Crippen LogP contribution in [0.25, 0.3) is 0 Å². The van der Waals surface area contributed by atoms with Crippen LogP contribution < -0.4 is 10.6 Å². The van der Waals surface area contributed by atoms with Gasteiger partial charge >= 0.3 is 0 Å². The maximum atomic E-state index is 5.97. The van der Waals surface area contributed by atoms with Gasteiger partial charge < -0.3 is 10.6 Å². The molecule has 0 amide bonds. The number of halogens is 2. The molecule has 2 nitrogen and oxygen atoms in total. The Morgan fingerprint density at radius 3 is 2.93 bits per heavy atom. The van der Waals surface area contributed by atoms with Crippen LogP contribution in [0.3, 0.4) is 0 Å². The van der Waals surface area contributed by atoms with Gasteiger partial charge in [0.25, 0.3) is 0 Å². The van der Waals surface area contributed by atoms with Gasteiger partial charge in [0.1, 0.15) is 0 Å². The highest BCUT2D eigenvalue weighted by atomic mass is 79.9. The Morgan fingerprint density at radius 1 is 1.36 bits per heavy atom. The second kappa shape index (κ2) is 4.62. The van der Waals surface area contributed by atoms with E-state index in [2.05, 4.69) is 26.6 Å². The van der Waals surface area contributed by atoms with Gasteiger partial charge in [0.15, 0.2) is 0 Å². The van der Waals surface area contributed by atoms with Gasteiger partial charge in [0.2, 0.25) is 0 Å². The van der Waals surface area contributed by atoms with Gasteiger partial charge in [-0.3, -0.25) is 0 Å². The van der Waals surface area contributed by atoms with Crippen LogP contribution in [-0.4, -0.2) is 19.6 Å². The number of hydrogen-bond donors (Lipinski definition) is 2. The molecule has 1 saturated heterocycles. The predicted molar refractivity (Wildman–Crippen MR) is 62.8 cm³/mol. The third-order valence-electron chi connectivity index (χ3n) is 2.37. The van der Waals surface area contributed by atoms with Gasteiger partial charge in [-0.1, -0.05) is 27.5 Å². The molecule has 1 heterocycles. The quantitative estimate of drug-likeness (QED) is 0.822. The summed E-state index contributed by atoms with van der Waals surface area (Å²) < 4.78 is 1.11. The third kappa shape index (κ3) is 2.28. The van der Waals surface area contributed by atoms with Crippen molar-refractivity contribution in [3.63, 3.8) is 0 Å². The van der Waals surface area contributed by atoms with Gasteiger partial charge in [-0.25, -0.2) is 0 Å². The lowest BCUT2D eigenvalue weighted by Gasteiger charge is -2.25. The zero-order valence-corrected chi connectivity index (χ0v) is 10.0. The minimum Gasteiger partial charge on any atom is -0.314 e. The Hall–Kier alpha value is -0.0900. The molecule has 2 rings (SSSR count). The minimum absolute atomic E-state index is 0.358. The fourth-order valence-electron chi connectivity index (χ4n) is 1.65. The highest BCUT2D eigenvalue weighted by Crippen LogP contribution is 2.26. The van der Waals surface area contributed by atoms with Crippen molar-refractivity contribution in [3.05, 3.63) is 33.3 Å². The monoisotopic (exact) mass is 274 g/mol. The molecule has 1 fully saturated rings. The van der Waals surface area contributed by atoms with Gasteiger partial charge in [0, 0.05) is 35.2 Å². The van der Waals surface area contributed by atoms with Crippen LogP contribution in [0, 0.1) is 0 Å². The van der Waals surface area contributed by atoms with E-state index in [0.717, 1.165) is 29.1 Å². The standard InChI is InChI=1S/C10H12BrClN2/c11-9-2-1-7(12)5-8(9)10-6-13-3-4-14-10/h1-2,5,10,13-14H,3-4,6H2/t10-/m1/s1. The summed E-state index contributed by atoms with van der Waals surface area (Å²) in [5.74, 6) is 0. The maximum Gasteiger partial charge on any atom is 0.0459 e. The summed E-state index contributed by atoms with van der Waals surface area (Å²) in [4.78, 5) is 0. The molecular weight excluding hydrogens is 263 g/mol. The molecule has 0 aromatic heterocycles. The molecule has 0 spiro atoms. The van der Waals surface area contributed by atoms with Crippen LogP contribution >= 0.6 is 27.5 Å². The van der Waals surface area contributed by atoms with Crippen molar-refractivity contribution in [1.29, 1.82) is 0 Å². The zero-order chi connectivity index (χ0) is 9.97. The van der Waals surface area contributed by atoms with E-state index in [1.165, 1.54) is 5.56 Å². The van der Waals surface area contributed by atoms with E-state index in [1.807, 2.05) is 18.2 Å². The smallest absolute Gasteiger partial charge is 0.0459 e. The SMILES string of the molecule is Clc1ccc(Br)c([C@H]2CNCCN2)c1. The van der Waals surface area contributed by atoms with Crippen molar-refractivity contribution >= 4 is 27.5 Å². The van der Waals surface area contributed by atoms with Crippen LogP contribution in [0.1, 0.15) is 11.6 Å². The summed E-state index contributed by atoms with van der Waals surface area (Å²) in [5.41, 5.74) is 1.23. The molecule has 1 aliphatic heterocycles. The lowest BCUT2D eigenvalue weighted by molar-refractivity contribution is 0.429. The molecular formula is C10H12BrClN2. The van der Waals surface area contributed by atoms with E-state index < -0.39 is 0 Å². The molecule has 0 unspecified atom stereocenters. The summed E-state index contributed by atoms with van der Waals surface area (Å²) in [5, 5.41) is 7.59. The zero-order valence-electron chi connectivity index (χ0n) is 7.69. The summed E-state index contributed by atoms with van der Waals surface area (Å²) >= 11 is 9.51. The van der Waals surface area contributed by atoms with Crippen molar-refractivity contribution in [1.82, 2.24) is 10.6 Å². The average Bonchev–Trinajstić information content (AvgIpc) is 2.23. The van der Waals surface area contributed by atoms with E-state index in [4.69, 9.17) is 11.6 Å². The number of rotatable bonds is 1. The molecule has 1 aromatic rings. The first-order chi connectivity index (χ1) is 6.77. The first-order valence-corrected chi connectivity index (χ1v) is 5.83. The van der Waals surface area contributed by atoms with Crippen LogP contribution in [-0.2, 0) is 0 Å². The van der Waals surface area contributed by atoms with Crippen molar-refractivity contribution in [2.45, 2.75) is 6.04 Å². The van der Waals surface area contributed by atoms with Gasteiger partial charge in [-0.2, -0.15) is 0 Å². The fraction of sp³-hybridized carbons (Fsp3) is 0.400. The first-order valence-electron chi connectivity index (χ1n) is 4.66. The van der Waals surface area contributed by atoms with Gasteiger partial charge in [-0.15, -0.1) is 0 Å².